The first-order valence-corrected chi connectivity index (χ1v) is 11.0. The zero-order valence-corrected chi connectivity index (χ0v) is 17.1. The Labute approximate surface area is 170 Å². The van der Waals surface area contributed by atoms with Gasteiger partial charge in [0.15, 0.2) is 0 Å². The van der Waals surface area contributed by atoms with E-state index in [1.54, 1.807) is 30.5 Å². The van der Waals surface area contributed by atoms with Crippen molar-refractivity contribution >= 4 is 31.7 Å². The SMILES string of the molecule is CCOc1ccc(S(=O)(=O)N[C@@H](C)c2ccc3ccccc3c2)c2cccnc12. The third kappa shape index (κ3) is 3.81. The van der Waals surface area contributed by atoms with Crippen molar-refractivity contribution in [2.75, 3.05) is 6.61 Å². The highest BCUT2D eigenvalue weighted by Crippen LogP contribution is 2.30. The Bertz CT molecular complexity index is 1290. The number of fused-ring (bicyclic) bond motifs is 2. The van der Waals surface area contributed by atoms with Crippen LogP contribution >= 0.6 is 0 Å². The smallest absolute Gasteiger partial charge is 0.241 e. The van der Waals surface area contributed by atoms with Gasteiger partial charge in [-0.15, -0.1) is 0 Å². The van der Waals surface area contributed by atoms with Gasteiger partial charge in [0.2, 0.25) is 10.0 Å². The van der Waals surface area contributed by atoms with Gasteiger partial charge in [-0.05, 0) is 60.5 Å². The molecule has 0 saturated heterocycles. The maximum Gasteiger partial charge on any atom is 0.241 e. The van der Waals surface area contributed by atoms with Crippen LogP contribution in [0.3, 0.4) is 0 Å². The fraction of sp³-hybridized carbons (Fsp3) is 0.174. The number of pyridine rings is 1. The highest BCUT2D eigenvalue weighted by Gasteiger charge is 2.22. The van der Waals surface area contributed by atoms with Crippen molar-refractivity contribution in [3.05, 3.63) is 78.5 Å². The fourth-order valence-electron chi connectivity index (χ4n) is 3.47. The fourth-order valence-corrected chi connectivity index (χ4v) is 4.90. The van der Waals surface area contributed by atoms with E-state index in [-0.39, 0.29) is 10.9 Å². The summed E-state index contributed by atoms with van der Waals surface area (Å²) in [6.07, 6.45) is 1.63. The lowest BCUT2D eigenvalue weighted by Gasteiger charge is -2.17. The summed E-state index contributed by atoms with van der Waals surface area (Å²) in [6.45, 7) is 4.21. The van der Waals surface area contributed by atoms with Gasteiger partial charge in [0.25, 0.3) is 0 Å². The number of nitrogens with zero attached hydrogens (tertiary/aromatic N) is 1. The Morgan fingerprint density at radius 3 is 2.59 bits per heavy atom. The maximum atomic E-state index is 13.2. The molecule has 0 bridgehead atoms. The standard InChI is InChI=1S/C23H22N2O3S/c1-3-28-21-12-13-22(20-9-6-14-24-23(20)21)29(26,27)25-16(2)18-11-10-17-7-4-5-8-19(17)15-18/h4-16,25H,3H2,1-2H3/t16-/m0/s1. The summed E-state index contributed by atoms with van der Waals surface area (Å²) in [5.74, 6) is 0.574. The molecule has 4 rings (SSSR count). The summed E-state index contributed by atoms with van der Waals surface area (Å²) >= 11 is 0. The summed E-state index contributed by atoms with van der Waals surface area (Å²) < 4.78 is 34.8. The van der Waals surface area contributed by atoms with Crippen LogP contribution in [-0.2, 0) is 10.0 Å². The van der Waals surface area contributed by atoms with Crippen LogP contribution < -0.4 is 9.46 Å². The van der Waals surface area contributed by atoms with E-state index < -0.39 is 10.0 Å². The Morgan fingerprint density at radius 2 is 1.79 bits per heavy atom. The average Bonchev–Trinajstić information content (AvgIpc) is 2.73. The summed E-state index contributed by atoms with van der Waals surface area (Å²) in [5, 5.41) is 2.73. The van der Waals surface area contributed by atoms with Crippen molar-refractivity contribution in [3.8, 4) is 5.75 Å². The second kappa shape index (κ2) is 7.81. The molecule has 0 amide bonds. The minimum Gasteiger partial charge on any atom is -0.492 e. The molecular weight excluding hydrogens is 384 g/mol. The van der Waals surface area contributed by atoms with E-state index in [4.69, 9.17) is 4.74 Å². The van der Waals surface area contributed by atoms with E-state index in [1.165, 1.54) is 0 Å². The van der Waals surface area contributed by atoms with E-state index in [1.807, 2.05) is 56.3 Å². The first kappa shape index (κ1) is 19.4. The number of hydrogen-bond acceptors (Lipinski definition) is 4. The maximum absolute atomic E-state index is 13.2. The lowest BCUT2D eigenvalue weighted by Crippen LogP contribution is -2.27. The average molecular weight is 407 g/mol. The predicted molar refractivity (Wildman–Crippen MR) is 116 cm³/mol. The first-order valence-electron chi connectivity index (χ1n) is 9.51. The van der Waals surface area contributed by atoms with E-state index in [9.17, 15) is 8.42 Å². The molecule has 1 N–H and O–H groups in total. The van der Waals surface area contributed by atoms with Gasteiger partial charge < -0.3 is 4.74 Å². The Balaban J connectivity index is 1.70. The van der Waals surface area contributed by atoms with Crippen molar-refractivity contribution in [2.24, 2.45) is 0 Å². The number of rotatable bonds is 6. The molecule has 0 aliphatic rings. The predicted octanol–water partition coefficient (Wildman–Crippen LogP) is 4.83. The largest absolute Gasteiger partial charge is 0.492 e. The highest BCUT2D eigenvalue weighted by molar-refractivity contribution is 7.89. The van der Waals surface area contributed by atoms with E-state index in [2.05, 4.69) is 9.71 Å². The first-order chi connectivity index (χ1) is 14.0. The highest BCUT2D eigenvalue weighted by atomic mass is 32.2. The summed E-state index contributed by atoms with van der Waals surface area (Å²) in [6, 6.07) is 20.3. The molecule has 1 atom stereocenters. The van der Waals surface area contributed by atoms with Crippen molar-refractivity contribution in [2.45, 2.75) is 24.8 Å². The lowest BCUT2D eigenvalue weighted by molar-refractivity contribution is 0.343. The molecule has 0 aliphatic heterocycles. The van der Waals surface area contributed by atoms with Crippen molar-refractivity contribution in [3.63, 3.8) is 0 Å². The molecule has 1 aromatic heterocycles. The molecule has 5 nitrogen and oxygen atoms in total. The number of ether oxygens (including phenoxy) is 1. The van der Waals surface area contributed by atoms with Crippen molar-refractivity contribution in [1.82, 2.24) is 9.71 Å². The number of nitrogens with one attached hydrogen (secondary N) is 1. The van der Waals surface area contributed by atoms with Crippen molar-refractivity contribution < 1.29 is 13.2 Å². The molecule has 29 heavy (non-hydrogen) atoms. The van der Waals surface area contributed by atoms with Gasteiger partial charge in [0.05, 0.1) is 11.5 Å². The second-order valence-corrected chi connectivity index (χ2v) is 8.53. The number of hydrogen-bond donors (Lipinski definition) is 1. The minimum atomic E-state index is -3.76. The van der Waals surface area contributed by atoms with Gasteiger partial charge in [0.1, 0.15) is 11.3 Å². The molecule has 0 radical (unpaired) electrons. The summed E-state index contributed by atoms with van der Waals surface area (Å²) in [7, 11) is -3.76. The molecule has 0 spiro atoms. The Kier molecular flexibility index (Phi) is 5.22. The van der Waals surface area contributed by atoms with E-state index in [0.717, 1.165) is 16.3 Å². The molecule has 0 saturated carbocycles. The molecule has 1 heterocycles. The molecule has 3 aromatic carbocycles. The van der Waals surface area contributed by atoms with Crippen LogP contribution in [0.1, 0.15) is 25.5 Å². The Morgan fingerprint density at radius 1 is 1.00 bits per heavy atom. The third-order valence-corrected chi connectivity index (χ3v) is 6.49. The lowest BCUT2D eigenvalue weighted by atomic mass is 10.0. The minimum absolute atomic E-state index is 0.191. The molecule has 0 fully saturated rings. The molecule has 148 valence electrons. The van der Waals surface area contributed by atoms with Crippen LogP contribution in [-0.4, -0.2) is 20.0 Å². The van der Waals surface area contributed by atoms with E-state index >= 15 is 0 Å². The van der Waals surface area contributed by atoms with Crippen LogP contribution in [0.2, 0.25) is 0 Å². The van der Waals surface area contributed by atoms with Crippen LogP contribution in [0.5, 0.6) is 5.75 Å². The van der Waals surface area contributed by atoms with E-state index in [0.29, 0.717) is 23.3 Å². The van der Waals surface area contributed by atoms with Gasteiger partial charge in [0, 0.05) is 17.6 Å². The third-order valence-electron chi connectivity index (χ3n) is 4.89. The topological polar surface area (TPSA) is 68.3 Å². The summed E-state index contributed by atoms with van der Waals surface area (Å²) in [5.41, 5.74) is 1.44. The number of sulfonamides is 1. The van der Waals surface area contributed by atoms with Gasteiger partial charge in [-0.1, -0.05) is 36.4 Å². The molecule has 4 aromatic rings. The van der Waals surface area contributed by atoms with Crippen LogP contribution in [0.25, 0.3) is 21.7 Å². The van der Waals surface area contributed by atoms with Gasteiger partial charge >= 0.3 is 0 Å². The quantitative estimate of drug-likeness (QED) is 0.498. The number of benzene rings is 3. The van der Waals surface area contributed by atoms with Gasteiger partial charge in [-0.2, -0.15) is 0 Å². The van der Waals surface area contributed by atoms with Gasteiger partial charge in [-0.3, -0.25) is 4.98 Å². The van der Waals surface area contributed by atoms with Crippen LogP contribution in [0, 0.1) is 0 Å². The normalized spacial score (nSPS) is 12.9. The van der Waals surface area contributed by atoms with Crippen LogP contribution in [0.4, 0.5) is 0 Å². The zero-order valence-electron chi connectivity index (χ0n) is 16.3. The second-order valence-electron chi connectivity index (χ2n) is 6.84. The van der Waals surface area contributed by atoms with Crippen LogP contribution in [0.15, 0.2) is 77.8 Å². The summed E-state index contributed by atoms with van der Waals surface area (Å²) in [4.78, 5) is 4.52. The molecule has 0 aliphatic carbocycles. The molecular formula is C23H22N2O3S. The molecule has 0 unspecified atom stereocenters. The number of aromatic nitrogens is 1. The van der Waals surface area contributed by atoms with Crippen molar-refractivity contribution in [1.29, 1.82) is 0 Å². The monoisotopic (exact) mass is 406 g/mol. The zero-order chi connectivity index (χ0) is 20.4. The Hall–Kier alpha value is -2.96. The molecule has 6 heteroatoms. The van der Waals surface area contributed by atoms with Gasteiger partial charge in [-0.25, -0.2) is 13.1 Å².